The minimum atomic E-state index is -0.0671. The van der Waals surface area contributed by atoms with Crippen molar-refractivity contribution in [2.24, 2.45) is 5.92 Å². The van der Waals surface area contributed by atoms with Gasteiger partial charge >= 0.3 is 0 Å². The van der Waals surface area contributed by atoms with Crippen LogP contribution >= 0.6 is 0 Å². The lowest BCUT2D eigenvalue weighted by atomic mass is 9.96. The number of hydrogen-bond donors (Lipinski definition) is 1. The highest BCUT2D eigenvalue weighted by Gasteiger charge is 2.23. The summed E-state index contributed by atoms with van der Waals surface area (Å²) in [6.45, 7) is 5.10. The molecule has 0 aliphatic carbocycles. The van der Waals surface area contributed by atoms with Crippen molar-refractivity contribution in [1.29, 1.82) is 0 Å². The second-order valence-electron chi connectivity index (χ2n) is 6.39. The summed E-state index contributed by atoms with van der Waals surface area (Å²) in [6, 6.07) is 7.91. The molecular weight excluding hydrogens is 306 g/mol. The van der Waals surface area contributed by atoms with E-state index in [1.165, 1.54) is 0 Å². The molecule has 0 fully saturated rings. The molecule has 0 spiro atoms. The summed E-state index contributed by atoms with van der Waals surface area (Å²) in [4.78, 5) is 16.7. The summed E-state index contributed by atoms with van der Waals surface area (Å²) in [5.74, 6) is 2.38. The number of benzene rings is 1. The summed E-state index contributed by atoms with van der Waals surface area (Å²) < 4.78 is 10.9. The van der Waals surface area contributed by atoms with Crippen molar-refractivity contribution in [3.8, 4) is 5.75 Å². The fraction of sp³-hybridized carbons (Fsp3) is 0.500. The minimum Gasteiger partial charge on any atom is -0.493 e. The van der Waals surface area contributed by atoms with E-state index in [0.29, 0.717) is 37.7 Å². The summed E-state index contributed by atoms with van der Waals surface area (Å²) >= 11 is 0. The van der Waals surface area contributed by atoms with E-state index in [1.807, 2.05) is 38.1 Å². The topological polar surface area (TPSA) is 77.2 Å². The third-order valence-electron chi connectivity index (χ3n) is 4.17. The third-order valence-corrected chi connectivity index (χ3v) is 4.17. The highest BCUT2D eigenvalue weighted by molar-refractivity contribution is 5.79. The molecule has 6 heteroatoms. The Morgan fingerprint density at radius 1 is 1.38 bits per heavy atom. The molecule has 6 nitrogen and oxygen atoms in total. The second-order valence-corrected chi connectivity index (χ2v) is 6.39. The van der Waals surface area contributed by atoms with Crippen LogP contribution in [-0.2, 0) is 17.6 Å². The number of carbonyl (C=O) groups is 1. The lowest BCUT2D eigenvalue weighted by molar-refractivity contribution is -0.125. The summed E-state index contributed by atoms with van der Waals surface area (Å²) in [7, 11) is 0. The van der Waals surface area contributed by atoms with Gasteiger partial charge in [-0.15, -0.1) is 0 Å². The number of ether oxygens (including phenoxy) is 1. The maximum absolute atomic E-state index is 12.4. The van der Waals surface area contributed by atoms with Gasteiger partial charge in [0.2, 0.25) is 11.8 Å². The van der Waals surface area contributed by atoms with Crippen LogP contribution in [0.2, 0.25) is 0 Å². The van der Waals surface area contributed by atoms with Crippen molar-refractivity contribution in [3.63, 3.8) is 0 Å². The zero-order valence-corrected chi connectivity index (χ0v) is 14.1. The van der Waals surface area contributed by atoms with Gasteiger partial charge < -0.3 is 14.6 Å². The molecule has 1 aliphatic rings. The lowest BCUT2D eigenvalue weighted by Gasteiger charge is -2.13. The van der Waals surface area contributed by atoms with Crippen molar-refractivity contribution in [1.82, 2.24) is 15.5 Å². The molecule has 128 valence electrons. The monoisotopic (exact) mass is 329 g/mol. The molecule has 1 aliphatic heterocycles. The van der Waals surface area contributed by atoms with Gasteiger partial charge in [0.05, 0.1) is 6.61 Å². The van der Waals surface area contributed by atoms with Crippen LogP contribution in [0.4, 0.5) is 0 Å². The van der Waals surface area contributed by atoms with Gasteiger partial charge in [-0.1, -0.05) is 37.2 Å². The molecule has 1 aromatic heterocycles. The number of aromatic nitrogens is 2. The van der Waals surface area contributed by atoms with Gasteiger partial charge in [-0.25, -0.2) is 0 Å². The van der Waals surface area contributed by atoms with Crippen LogP contribution in [0, 0.1) is 5.92 Å². The smallest absolute Gasteiger partial charge is 0.228 e. The highest BCUT2D eigenvalue weighted by Crippen LogP contribution is 2.26. The molecular formula is C18H23N3O3. The second kappa shape index (κ2) is 7.47. The number of carbonyl (C=O) groups excluding carboxylic acids is 1. The van der Waals surface area contributed by atoms with Crippen molar-refractivity contribution in [3.05, 3.63) is 41.5 Å². The van der Waals surface area contributed by atoms with Gasteiger partial charge in [-0.3, -0.25) is 4.79 Å². The Balaban J connectivity index is 1.51. The van der Waals surface area contributed by atoms with Crippen LogP contribution in [-0.4, -0.2) is 29.2 Å². The first-order valence-electron chi connectivity index (χ1n) is 8.44. The van der Waals surface area contributed by atoms with E-state index < -0.39 is 0 Å². The van der Waals surface area contributed by atoms with E-state index in [1.54, 1.807) is 0 Å². The Labute approximate surface area is 141 Å². The van der Waals surface area contributed by atoms with Gasteiger partial charge in [-0.05, 0) is 24.5 Å². The van der Waals surface area contributed by atoms with Crippen molar-refractivity contribution < 1.29 is 14.1 Å². The summed E-state index contributed by atoms with van der Waals surface area (Å²) in [5, 5.41) is 6.90. The minimum absolute atomic E-state index is 0.0545. The standard InChI is InChI=1S/C18H23N3O3/c1-12(2)17-20-16(24-21-17)7-9-19-18(22)14-8-10-23-15-6-4-3-5-13(15)11-14/h3-6,12,14H,7-11H2,1-2H3,(H,19,22)/t14-/m1/s1. The van der Waals surface area contributed by atoms with Crippen LogP contribution in [0.3, 0.4) is 0 Å². The average molecular weight is 329 g/mol. The maximum atomic E-state index is 12.4. The fourth-order valence-corrected chi connectivity index (χ4v) is 2.76. The predicted molar refractivity (Wildman–Crippen MR) is 88.8 cm³/mol. The highest BCUT2D eigenvalue weighted by atomic mass is 16.5. The van der Waals surface area contributed by atoms with E-state index in [4.69, 9.17) is 9.26 Å². The molecule has 1 aromatic carbocycles. The van der Waals surface area contributed by atoms with Gasteiger partial charge in [0.1, 0.15) is 5.75 Å². The van der Waals surface area contributed by atoms with E-state index in [9.17, 15) is 4.79 Å². The normalized spacial score (nSPS) is 17.0. The van der Waals surface area contributed by atoms with Crippen molar-refractivity contribution in [2.75, 3.05) is 13.2 Å². The number of rotatable bonds is 5. The van der Waals surface area contributed by atoms with Gasteiger partial charge in [-0.2, -0.15) is 4.98 Å². The molecule has 0 bridgehead atoms. The number of para-hydroxylation sites is 1. The largest absolute Gasteiger partial charge is 0.493 e. The van der Waals surface area contributed by atoms with Gasteiger partial charge in [0.25, 0.3) is 0 Å². The summed E-state index contributed by atoms with van der Waals surface area (Å²) in [5.41, 5.74) is 1.09. The Morgan fingerprint density at radius 2 is 2.21 bits per heavy atom. The lowest BCUT2D eigenvalue weighted by Crippen LogP contribution is -2.33. The van der Waals surface area contributed by atoms with E-state index in [2.05, 4.69) is 15.5 Å². The maximum Gasteiger partial charge on any atom is 0.228 e. The molecule has 24 heavy (non-hydrogen) atoms. The zero-order valence-electron chi connectivity index (χ0n) is 14.1. The molecule has 0 saturated heterocycles. The van der Waals surface area contributed by atoms with Gasteiger partial charge in [0, 0.05) is 24.8 Å². The Morgan fingerprint density at radius 3 is 3.00 bits per heavy atom. The number of amides is 1. The molecule has 1 N–H and O–H groups in total. The van der Waals surface area contributed by atoms with Gasteiger partial charge in [0.15, 0.2) is 5.82 Å². The first kappa shape index (κ1) is 16.5. The summed E-state index contributed by atoms with van der Waals surface area (Å²) in [6.07, 6.45) is 1.98. The molecule has 2 aromatic rings. The van der Waals surface area contributed by atoms with Crippen LogP contribution in [0.5, 0.6) is 5.75 Å². The average Bonchev–Trinajstić information content (AvgIpc) is 2.93. The molecule has 2 heterocycles. The fourth-order valence-electron chi connectivity index (χ4n) is 2.76. The predicted octanol–water partition coefficient (Wildman–Crippen LogP) is 2.49. The number of fused-ring (bicyclic) bond motifs is 1. The number of hydrogen-bond acceptors (Lipinski definition) is 5. The molecule has 1 atom stereocenters. The molecule has 0 radical (unpaired) electrons. The van der Waals surface area contributed by atoms with Crippen molar-refractivity contribution >= 4 is 5.91 Å². The van der Waals surface area contributed by atoms with E-state index in [-0.39, 0.29) is 17.7 Å². The Bertz CT molecular complexity index is 696. The van der Waals surface area contributed by atoms with E-state index in [0.717, 1.165) is 17.7 Å². The number of nitrogens with zero attached hydrogens (tertiary/aromatic N) is 2. The molecule has 3 rings (SSSR count). The van der Waals surface area contributed by atoms with Crippen LogP contribution < -0.4 is 10.1 Å². The van der Waals surface area contributed by atoms with Crippen molar-refractivity contribution in [2.45, 2.75) is 39.0 Å². The quantitative estimate of drug-likeness (QED) is 0.912. The molecule has 1 amide bonds. The SMILES string of the molecule is CC(C)c1noc(CCNC(=O)[C@@H]2CCOc3ccccc3C2)n1. The number of nitrogens with one attached hydrogen (secondary N) is 1. The Kier molecular flexibility index (Phi) is 5.13. The van der Waals surface area contributed by atoms with E-state index >= 15 is 0 Å². The Hall–Kier alpha value is -2.37. The zero-order chi connectivity index (χ0) is 16.9. The van der Waals surface area contributed by atoms with Crippen LogP contribution in [0.15, 0.2) is 28.8 Å². The third kappa shape index (κ3) is 3.93. The molecule has 0 saturated carbocycles. The first-order valence-corrected chi connectivity index (χ1v) is 8.44. The van der Waals surface area contributed by atoms with Crippen LogP contribution in [0.1, 0.15) is 43.5 Å². The first-order chi connectivity index (χ1) is 11.6. The van der Waals surface area contributed by atoms with Crippen LogP contribution in [0.25, 0.3) is 0 Å². The molecule has 0 unspecified atom stereocenters.